The normalized spacial score (nSPS) is 20.4. The Hall–Kier alpha value is -1.12. The minimum atomic E-state index is -4.39. The highest BCUT2D eigenvalue weighted by Crippen LogP contribution is 2.32. The molecule has 1 saturated heterocycles. The number of carbonyl (C=O) groups is 1. The van der Waals surface area contributed by atoms with Crippen LogP contribution in [0.2, 0.25) is 0 Å². The summed E-state index contributed by atoms with van der Waals surface area (Å²) >= 11 is 3.30. The number of nitrogens with two attached hydrogens (primary N) is 1. The van der Waals surface area contributed by atoms with E-state index >= 15 is 0 Å². The molecule has 0 aromatic heterocycles. The zero-order valence-corrected chi connectivity index (χ0v) is 11.6. The van der Waals surface area contributed by atoms with Crippen LogP contribution in [0.1, 0.15) is 6.42 Å². The van der Waals surface area contributed by atoms with Crippen molar-refractivity contribution < 1.29 is 17.8 Å². The van der Waals surface area contributed by atoms with Crippen LogP contribution in [0.3, 0.4) is 0 Å². The number of benzene rings is 1. The molecule has 1 aliphatic heterocycles. The van der Waals surface area contributed by atoms with Crippen LogP contribution in [-0.4, -0.2) is 30.2 Å². The number of amides is 1. The van der Waals surface area contributed by atoms with Crippen LogP contribution >= 0.6 is 15.9 Å². The summed E-state index contributed by atoms with van der Waals surface area (Å²) in [6.07, 6.45) is 0.277. The number of hydrogen-bond donors (Lipinski definition) is 2. The Balaban J connectivity index is 2.56. The zero-order chi connectivity index (χ0) is 13.5. The number of halogens is 1. The van der Waals surface area contributed by atoms with Gasteiger partial charge in [-0.2, -0.15) is 8.42 Å². The summed E-state index contributed by atoms with van der Waals surface area (Å²) in [7, 11) is -4.39. The van der Waals surface area contributed by atoms with E-state index in [2.05, 4.69) is 15.9 Å². The molecule has 0 bridgehead atoms. The average molecular weight is 335 g/mol. The second-order valence-electron chi connectivity index (χ2n) is 4.01. The van der Waals surface area contributed by atoms with Gasteiger partial charge in [0.25, 0.3) is 10.1 Å². The van der Waals surface area contributed by atoms with Gasteiger partial charge in [0, 0.05) is 23.5 Å². The molecule has 0 aliphatic carbocycles. The van der Waals surface area contributed by atoms with Gasteiger partial charge in [0.1, 0.15) is 4.90 Å². The highest BCUT2D eigenvalue weighted by atomic mass is 79.9. The van der Waals surface area contributed by atoms with E-state index in [1.54, 1.807) is 0 Å². The molecule has 8 heteroatoms. The maximum atomic E-state index is 11.8. The Bertz CT molecular complexity index is 602. The number of rotatable bonds is 2. The van der Waals surface area contributed by atoms with Gasteiger partial charge in [0.15, 0.2) is 0 Å². The number of alkyl halides is 1. The van der Waals surface area contributed by atoms with E-state index in [9.17, 15) is 13.2 Å². The highest BCUT2D eigenvalue weighted by molar-refractivity contribution is 9.09. The van der Waals surface area contributed by atoms with Gasteiger partial charge in [0.2, 0.25) is 5.91 Å². The Labute approximate surface area is 113 Å². The third kappa shape index (κ3) is 2.50. The van der Waals surface area contributed by atoms with Gasteiger partial charge in [0.05, 0.1) is 5.69 Å². The maximum Gasteiger partial charge on any atom is 0.296 e. The molecule has 0 spiro atoms. The summed E-state index contributed by atoms with van der Waals surface area (Å²) < 4.78 is 31.7. The molecule has 1 atom stereocenters. The Morgan fingerprint density at radius 2 is 2.11 bits per heavy atom. The molecule has 1 aromatic carbocycles. The highest BCUT2D eigenvalue weighted by Gasteiger charge is 2.32. The van der Waals surface area contributed by atoms with E-state index in [0.717, 1.165) is 0 Å². The van der Waals surface area contributed by atoms with Crippen LogP contribution in [0.15, 0.2) is 23.1 Å². The van der Waals surface area contributed by atoms with Crippen molar-refractivity contribution in [2.24, 2.45) is 0 Å². The molecule has 0 saturated carbocycles. The molecular weight excluding hydrogens is 324 g/mol. The van der Waals surface area contributed by atoms with Crippen molar-refractivity contribution in [1.29, 1.82) is 0 Å². The molecule has 6 nitrogen and oxygen atoms in total. The molecule has 1 heterocycles. The van der Waals surface area contributed by atoms with Crippen molar-refractivity contribution in [3.63, 3.8) is 0 Å². The van der Waals surface area contributed by atoms with E-state index in [-0.39, 0.29) is 27.7 Å². The van der Waals surface area contributed by atoms with Crippen molar-refractivity contribution >= 4 is 43.3 Å². The third-order valence-corrected chi connectivity index (χ3v) is 4.14. The van der Waals surface area contributed by atoms with Crippen LogP contribution in [0, 0.1) is 0 Å². The van der Waals surface area contributed by atoms with Gasteiger partial charge in [-0.05, 0) is 18.2 Å². The first-order valence-electron chi connectivity index (χ1n) is 5.10. The smallest absolute Gasteiger partial charge is 0.296 e. The fourth-order valence-corrected chi connectivity index (χ4v) is 3.10. The number of hydrogen-bond acceptors (Lipinski definition) is 4. The summed E-state index contributed by atoms with van der Waals surface area (Å²) in [5, 5.41) is 0. The largest absolute Gasteiger partial charge is 0.399 e. The van der Waals surface area contributed by atoms with Gasteiger partial charge in [-0.1, -0.05) is 15.9 Å². The Morgan fingerprint density at radius 1 is 1.44 bits per heavy atom. The Kier molecular flexibility index (Phi) is 3.35. The van der Waals surface area contributed by atoms with Crippen molar-refractivity contribution in [2.75, 3.05) is 17.2 Å². The van der Waals surface area contributed by atoms with Crippen molar-refractivity contribution in [2.45, 2.75) is 16.1 Å². The molecule has 98 valence electrons. The Morgan fingerprint density at radius 3 is 2.61 bits per heavy atom. The molecule has 3 N–H and O–H groups in total. The molecule has 1 aromatic rings. The van der Waals surface area contributed by atoms with E-state index in [1.165, 1.54) is 23.1 Å². The van der Waals surface area contributed by atoms with Crippen molar-refractivity contribution in [1.82, 2.24) is 0 Å². The predicted molar refractivity (Wildman–Crippen MR) is 70.4 cm³/mol. The average Bonchev–Trinajstić information content (AvgIpc) is 2.55. The lowest BCUT2D eigenvalue weighted by Crippen LogP contribution is -2.26. The predicted octanol–water partition coefficient (Wildman–Crippen LogP) is 1.02. The van der Waals surface area contributed by atoms with E-state index in [1.807, 2.05) is 0 Å². The molecule has 18 heavy (non-hydrogen) atoms. The zero-order valence-electron chi connectivity index (χ0n) is 9.21. The van der Waals surface area contributed by atoms with Gasteiger partial charge >= 0.3 is 0 Å². The van der Waals surface area contributed by atoms with Crippen LogP contribution in [0.5, 0.6) is 0 Å². The standard InChI is InChI=1S/C10H11BrN2O4S/c11-6-3-10(14)13(5-6)8-4-7(12)1-2-9(8)18(15,16)17/h1-2,4,6H,3,5,12H2,(H,15,16,17). The van der Waals surface area contributed by atoms with Gasteiger partial charge in [-0.15, -0.1) is 0 Å². The molecule has 0 radical (unpaired) electrons. The maximum absolute atomic E-state index is 11.8. The van der Waals surface area contributed by atoms with Crippen molar-refractivity contribution in [3.8, 4) is 0 Å². The first-order chi connectivity index (χ1) is 8.29. The first-order valence-corrected chi connectivity index (χ1v) is 7.46. The third-order valence-electron chi connectivity index (χ3n) is 2.63. The second kappa shape index (κ2) is 4.52. The number of nitrogen functional groups attached to an aromatic ring is 1. The molecular formula is C10H11BrN2O4S. The fourth-order valence-electron chi connectivity index (χ4n) is 1.86. The lowest BCUT2D eigenvalue weighted by molar-refractivity contribution is -0.117. The van der Waals surface area contributed by atoms with Crippen LogP contribution in [0.4, 0.5) is 11.4 Å². The lowest BCUT2D eigenvalue weighted by atomic mass is 10.2. The monoisotopic (exact) mass is 334 g/mol. The van der Waals surface area contributed by atoms with Crippen LogP contribution in [-0.2, 0) is 14.9 Å². The summed E-state index contributed by atoms with van der Waals surface area (Å²) in [5.74, 6) is -0.215. The van der Waals surface area contributed by atoms with E-state index in [0.29, 0.717) is 12.2 Å². The number of carbonyl (C=O) groups excluding carboxylic acids is 1. The topological polar surface area (TPSA) is 101 Å². The van der Waals surface area contributed by atoms with Gasteiger partial charge in [-0.3, -0.25) is 9.35 Å². The van der Waals surface area contributed by atoms with E-state index < -0.39 is 10.1 Å². The number of anilines is 2. The lowest BCUT2D eigenvalue weighted by Gasteiger charge is -2.19. The summed E-state index contributed by atoms with van der Waals surface area (Å²) in [6, 6.07) is 3.92. The molecule has 2 rings (SSSR count). The summed E-state index contributed by atoms with van der Waals surface area (Å²) in [6.45, 7) is 0.338. The molecule has 1 unspecified atom stereocenters. The number of nitrogens with zero attached hydrogens (tertiary/aromatic N) is 1. The fraction of sp³-hybridized carbons (Fsp3) is 0.300. The molecule has 1 aliphatic rings. The summed E-state index contributed by atoms with van der Waals surface area (Å²) in [4.78, 5) is 12.7. The van der Waals surface area contributed by atoms with Gasteiger partial charge < -0.3 is 10.6 Å². The van der Waals surface area contributed by atoms with Crippen LogP contribution < -0.4 is 10.6 Å². The van der Waals surface area contributed by atoms with Crippen molar-refractivity contribution in [3.05, 3.63) is 18.2 Å². The van der Waals surface area contributed by atoms with Crippen LogP contribution in [0.25, 0.3) is 0 Å². The molecule has 1 amide bonds. The second-order valence-corrected chi connectivity index (χ2v) is 6.69. The molecule has 1 fully saturated rings. The minimum absolute atomic E-state index is 0.0410. The van der Waals surface area contributed by atoms with E-state index in [4.69, 9.17) is 10.3 Å². The SMILES string of the molecule is Nc1ccc(S(=O)(=O)O)c(N2CC(Br)CC2=O)c1. The quantitative estimate of drug-likeness (QED) is 0.477. The summed E-state index contributed by atoms with van der Waals surface area (Å²) in [5.41, 5.74) is 6.03. The van der Waals surface area contributed by atoms with Gasteiger partial charge in [-0.25, -0.2) is 0 Å². The first kappa shape index (κ1) is 13.3. The minimum Gasteiger partial charge on any atom is -0.399 e.